The molecule has 3 aromatic rings. The van der Waals surface area contributed by atoms with Crippen LogP contribution in [0.4, 0.5) is 5.69 Å². The van der Waals surface area contributed by atoms with Gasteiger partial charge in [-0.2, -0.15) is 0 Å². The van der Waals surface area contributed by atoms with Crippen molar-refractivity contribution >= 4 is 29.1 Å². The molecule has 0 bridgehead atoms. The van der Waals surface area contributed by atoms with E-state index < -0.39 is 6.10 Å². The van der Waals surface area contributed by atoms with Gasteiger partial charge in [0.1, 0.15) is 5.75 Å². The third-order valence-electron chi connectivity index (χ3n) is 4.45. The van der Waals surface area contributed by atoms with Crippen LogP contribution in [0.25, 0.3) is 0 Å². The molecule has 6 heteroatoms. The van der Waals surface area contributed by atoms with E-state index in [2.05, 4.69) is 10.6 Å². The summed E-state index contributed by atoms with van der Waals surface area (Å²) >= 11 is 5.95. The fraction of sp³-hybridized carbons (Fsp3) is 0.167. The third-order valence-corrected chi connectivity index (χ3v) is 4.68. The van der Waals surface area contributed by atoms with Gasteiger partial charge in [-0.25, -0.2) is 0 Å². The molecule has 0 unspecified atom stereocenters. The minimum atomic E-state index is -0.766. The summed E-state index contributed by atoms with van der Waals surface area (Å²) in [4.78, 5) is 25.2. The maximum atomic E-state index is 12.6. The van der Waals surface area contributed by atoms with Crippen molar-refractivity contribution in [2.24, 2.45) is 0 Å². The van der Waals surface area contributed by atoms with Crippen LogP contribution in [0.3, 0.4) is 0 Å². The molecule has 1 atom stereocenters. The molecule has 0 aliphatic rings. The second-order valence-electron chi connectivity index (χ2n) is 6.74. The van der Waals surface area contributed by atoms with Crippen LogP contribution in [-0.4, -0.2) is 24.5 Å². The highest BCUT2D eigenvalue weighted by atomic mass is 35.5. The number of nitrogens with one attached hydrogen (secondary N) is 2. The second kappa shape index (κ2) is 10.5. The lowest BCUT2D eigenvalue weighted by atomic mass is 10.1. The first-order chi connectivity index (χ1) is 14.5. The van der Waals surface area contributed by atoms with Gasteiger partial charge in [0.25, 0.3) is 11.8 Å². The lowest BCUT2D eigenvalue weighted by Crippen LogP contribution is -2.32. The van der Waals surface area contributed by atoms with Crippen LogP contribution >= 0.6 is 11.6 Å². The normalized spacial score (nSPS) is 11.4. The number of rotatable bonds is 8. The van der Waals surface area contributed by atoms with Gasteiger partial charge in [0.05, 0.1) is 11.3 Å². The molecule has 0 aromatic heterocycles. The molecule has 0 spiro atoms. The van der Waals surface area contributed by atoms with E-state index in [9.17, 15) is 9.59 Å². The number of para-hydroxylation sites is 1. The van der Waals surface area contributed by atoms with Gasteiger partial charge in [0.2, 0.25) is 0 Å². The molecule has 5 nitrogen and oxygen atoms in total. The fourth-order valence-corrected chi connectivity index (χ4v) is 3.06. The van der Waals surface area contributed by atoms with Crippen molar-refractivity contribution in [3.63, 3.8) is 0 Å². The Balaban J connectivity index is 1.59. The smallest absolute Gasteiger partial charge is 0.265 e. The van der Waals surface area contributed by atoms with E-state index in [4.69, 9.17) is 16.3 Å². The zero-order valence-electron chi connectivity index (χ0n) is 16.6. The van der Waals surface area contributed by atoms with Gasteiger partial charge < -0.3 is 15.4 Å². The summed E-state index contributed by atoms with van der Waals surface area (Å²) in [5.74, 6) is -0.109. The van der Waals surface area contributed by atoms with Crippen molar-refractivity contribution in [1.29, 1.82) is 0 Å². The maximum Gasteiger partial charge on any atom is 0.265 e. The second-order valence-corrected chi connectivity index (χ2v) is 7.18. The number of halogens is 1. The molecule has 3 rings (SSSR count). The molecule has 0 heterocycles. The largest absolute Gasteiger partial charge is 0.481 e. The summed E-state index contributed by atoms with van der Waals surface area (Å²) < 4.78 is 5.65. The summed E-state index contributed by atoms with van der Waals surface area (Å²) in [5, 5.41) is 6.20. The monoisotopic (exact) mass is 422 g/mol. The van der Waals surface area contributed by atoms with Crippen molar-refractivity contribution in [2.45, 2.75) is 19.4 Å². The van der Waals surface area contributed by atoms with Gasteiger partial charge >= 0.3 is 0 Å². The van der Waals surface area contributed by atoms with Crippen LogP contribution in [0.15, 0.2) is 78.9 Å². The van der Waals surface area contributed by atoms with Gasteiger partial charge in [0.15, 0.2) is 6.10 Å². The molecule has 0 saturated heterocycles. The Morgan fingerprint density at radius 3 is 2.47 bits per heavy atom. The lowest BCUT2D eigenvalue weighted by molar-refractivity contribution is -0.122. The molecule has 0 radical (unpaired) electrons. The Morgan fingerprint density at radius 2 is 1.70 bits per heavy atom. The molecular formula is C24H23ClN2O3. The number of amides is 2. The molecule has 3 aromatic carbocycles. The van der Waals surface area contributed by atoms with Crippen molar-refractivity contribution < 1.29 is 14.3 Å². The number of benzene rings is 3. The SMILES string of the molecule is C[C@H](Oc1cccc(Cl)c1)C(=O)Nc1ccccc1C(=O)NCCc1ccccc1. The van der Waals surface area contributed by atoms with Crippen LogP contribution in [0.2, 0.25) is 5.02 Å². The van der Waals surface area contributed by atoms with Crippen molar-refractivity contribution in [1.82, 2.24) is 5.32 Å². The molecule has 2 N–H and O–H groups in total. The minimum Gasteiger partial charge on any atom is -0.481 e. The van der Waals surface area contributed by atoms with Gasteiger partial charge in [-0.15, -0.1) is 0 Å². The quantitative estimate of drug-likeness (QED) is 0.552. The standard InChI is InChI=1S/C24H23ClN2O3/c1-17(30-20-11-7-10-19(25)16-20)23(28)27-22-13-6-5-12-21(22)24(29)26-15-14-18-8-3-2-4-9-18/h2-13,16-17H,14-15H2,1H3,(H,26,29)(H,27,28)/t17-/m0/s1. The first-order valence-corrected chi connectivity index (χ1v) is 10.0. The van der Waals surface area contributed by atoms with E-state index in [0.29, 0.717) is 28.6 Å². The Hall–Kier alpha value is -3.31. The zero-order chi connectivity index (χ0) is 21.3. The van der Waals surface area contributed by atoms with E-state index in [-0.39, 0.29) is 11.8 Å². The maximum absolute atomic E-state index is 12.6. The van der Waals surface area contributed by atoms with Gasteiger partial charge in [-0.05, 0) is 49.2 Å². The Bertz CT molecular complexity index is 1010. The van der Waals surface area contributed by atoms with Crippen molar-refractivity contribution in [3.8, 4) is 5.75 Å². The molecule has 154 valence electrons. The summed E-state index contributed by atoms with van der Waals surface area (Å²) in [6.07, 6.45) is -0.0383. The van der Waals surface area contributed by atoms with Crippen LogP contribution in [0.1, 0.15) is 22.8 Å². The summed E-state index contributed by atoms with van der Waals surface area (Å²) in [7, 11) is 0. The van der Waals surface area contributed by atoms with Crippen LogP contribution < -0.4 is 15.4 Å². The molecule has 0 aliphatic heterocycles. The predicted octanol–water partition coefficient (Wildman–Crippen LogP) is 4.72. The molecule has 0 aliphatic carbocycles. The third kappa shape index (κ3) is 6.09. The molecule has 0 fully saturated rings. The summed E-state index contributed by atoms with van der Waals surface area (Å²) in [6, 6.07) is 23.6. The first kappa shape index (κ1) is 21.4. The number of hydrogen-bond acceptors (Lipinski definition) is 3. The number of carbonyl (C=O) groups excluding carboxylic acids is 2. The predicted molar refractivity (Wildman–Crippen MR) is 119 cm³/mol. The first-order valence-electron chi connectivity index (χ1n) is 9.67. The number of hydrogen-bond donors (Lipinski definition) is 2. The summed E-state index contributed by atoms with van der Waals surface area (Å²) in [6.45, 7) is 2.14. The van der Waals surface area contributed by atoms with Crippen LogP contribution in [0, 0.1) is 0 Å². The topological polar surface area (TPSA) is 67.4 Å². The Kier molecular flexibility index (Phi) is 7.46. The summed E-state index contributed by atoms with van der Waals surface area (Å²) in [5.41, 5.74) is 1.97. The van der Waals surface area contributed by atoms with Gasteiger partial charge in [-0.1, -0.05) is 60.1 Å². The number of anilines is 1. The van der Waals surface area contributed by atoms with Gasteiger partial charge in [0, 0.05) is 11.6 Å². The van der Waals surface area contributed by atoms with E-state index in [0.717, 1.165) is 12.0 Å². The van der Waals surface area contributed by atoms with Crippen molar-refractivity contribution in [2.75, 3.05) is 11.9 Å². The minimum absolute atomic E-state index is 0.245. The van der Waals surface area contributed by atoms with E-state index in [1.54, 1.807) is 55.5 Å². The number of ether oxygens (including phenoxy) is 1. The Labute approximate surface area is 181 Å². The highest BCUT2D eigenvalue weighted by Crippen LogP contribution is 2.20. The fourth-order valence-electron chi connectivity index (χ4n) is 2.88. The average molecular weight is 423 g/mol. The molecule has 2 amide bonds. The van der Waals surface area contributed by atoms with E-state index in [1.165, 1.54) is 0 Å². The average Bonchev–Trinajstić information content (AvgIpc) is 2.75. The molecule has 0 saturated carbocycles. The molecule has 30 heavy (non-hydrogen) atoms. The van der Waals surface area contributed by atoms with Crippen LogP contribution in [-0.2, 0) is 11.2 Å². The Morgan fingerprint density at radius 1 is 0.967 bits per heavy atom. The highest BCUT2D eigenvalue weighted by molar-refractivity contribution is 6.30. The number of carbonyl (C=O) groups is 2. The lowest BCUT2D eigenvalue weighted by Gasteiger charge is -2.16. The zero-order valence-corrected chi connectivity index (χ0v) is 17.4. The highest BCUT2D eigenvalue weighted by Gasteiger charge is 2.18. The van der Waals surface area contributed by atoms with Gasteiger partial charge in [-0.3, -0.25) is 9.59 Å². The molecular weight excluding hydrogens is 400 g/mol. The van der Waals surface area contributed by atoms with E-state index >= 15 is 0 Å². The van der Waals surface area contributed by atoms with E-state index in [1.807, 2.05) is 30.3 Å². The van der Waals surface area contributed by atoms with Crippen molar-refractivity contribution in [3.05, 3.63) is 95.0 Å². The van der Waals surface area contributed by atoms with Crippen LogP contribution in [0.5, 0.6) is 5.75 Å².